The van der Waals surface area contributed by atoms with Crippen molar-refractivity contribution in [2.24, 2.45) is 5.92 Å². The molecule has 5 nitrogen and oxygen atoms in total. The van der Waals surface area contributed by atoms with Crippen molar-refractivity contribution >= 4 is 27.7 Å². The van der Waals surface area contributed by atoms with Crippen molar-refractivity contribution in [3.05, 3.63) is 35.4 Å². The molecule has 24 heavy (non-hydrogen) atoms. The van der Waals surface area contributed by atoms with E-state index in [1.165, 1.54) is 21.7 Å². The number of sulfonamides is 1. The van der Waals surface area contributed by atoms with Gasteiger partial charge in [-0.15, -0.1) is 0 Å². The lowest BCUT2D eigenvalue weighted by Crippen LogP contribution is -2.42. The van der Waals surface area contributed by atoms with Crippen molar-refractivity contribution in [2.75, 3.05) is 31.6 Å². The normalized spacial score (nSPS) is 16.9. The lowest BCUT2D eigenvalue weighted by Gasteiger charge is -2.29. The van der Waals surface area contributed by atoms with Crippen molar-refractivity contribution in [3.8, 4) is 0 Å². The fraction of sp³-hybridized carbons (Fsp3) is 0.588. The second-order valence-corrected chi connectivity index (χ2v) is 9.36. The summed E-state index contributed by atoms with van der Waals surface area (Å²) in [6.07, 6.45) is 2.43. The summed E-state index contributed by atoms with van der Waals surface area (Å²) < 4.78 is 24.4. The first-order valence-corrected chi connectivity index (χ1v) is 11.2. The SMILES string of the molecule is Cc1cccc(CSCCNC(=O)C2CCN(S(C)(=O)=O)CC2)c1. The molecule has 0 aromatic heterocycles. The van der Waals surface area contributed by atoms with Crippen LogP contribution in [0.5, 0.6) is 0 Å². The van der Waals surface area contributed by atoms with Crippen LogP contribution in [0.1, 0.15) is 24.0 Å². The molecule has 1 heterocycles. The molecule has 1 aliphatic heterocycles. The summed E-state index contributed by atoms with van der Waals surface area (Å²) in [6.45, 7) is 3.63. The number of nitrogens with one attached hydrogen (secondary N) is 1. The Morgan fingerprint density at radius 2 is 2.04 bits per heavy atom. The Bertz CT molecular complexity index is 654. The number of aryl methyl sites for hydroxylation is 1. The number of rotatable bonds is 7. The minimum absolute atomic E-state index is 0.0549. The third-order valence-corrected chi connectivity index (χ3v) is 6.52. The summed E-state index contributed by atoms with van der Waals surface area (Å²) >= 11 is 1.81. The van der Waals surface area contributed by atoms with E-state index in [2.05, 4.69) is 36.5 Å². The van der Waals surface area contributed by atoms with Gasteiger partial charge in [-0.25, -0.2) is 12.7 Å². The molecule has 0 unspecified atom stereocenters. The summed E-state index contributed by atoms with van der Waals surface area (Å²) in [7, 11) is -3.13. The van der Waals surface area contributed by atoms with Gasteiger partial charge >= 0.3 is 0 Å². The van der Waals surface area contributed by atoms with Gasteiger partial charge in [-0.1, -0.05) is 29.8 Å². The number of piperidine rings is 1. The monoisotopic (exact) mass is 370 g/mol. The van der Waals surface area contributed by atoms with Crippen molar-refractivity contribution in [1.82, 2.24) is 9.62 Å². The van der Waals surface area contributed by atoms with E-state index in [0.717, 1.165) is 11.5 Å². The molecule has 7 heteroatoms. The third-order valence-electron chi connectivity index (χ3n) is 4.19. The molecule has 2 rings (SSSR count). The van der Waals surface area contributed by atoms with Crippen LogP contribution in [-0.2, 0) is 20.6 Å². The highest BCUT2D eigenvalue weighted by atomic mass is 32.2. The topological polar surface area (TPSA) is 66.5 Å². The van der Waals surface area contributed by atoms with E-state index >= 15 is 0 Å². The fourth-order valence-electron chi connectivity index (χ4n) is 2.83. The van der Waals surface area contributed by atoms with E-state index in [9.17, 15) is 13.2 Å². The van der Waals surface area contributed by atoms with Crippen molar-refractivity contribution in [3.63, 3.8) is 0 Å². The summed E-state index contributed by atoms with van der Waals surface area (Å²) in [6, 6.07) is 8.45. The van der Waals surface area contributed by atoms with Gasteiger partial charge in [0.05, 0.1) is 6.26 Å². The molecular weight excluding hydrogens is 344 g/mol. The first kappa shape index (κ1) is 19.3. The van der Waals surface area contributed by atoms with E-state index in [1.807, 2.05) is 0 Å². The highest BCUT2D eigenvalue weighted by Crippen LogP contribution is 2.19. The molecular formula is C17H26N2O3S2. The summed E-state index contributed by atoms with van der Waals surface area (Å²) in [5.41, 5.74) is 2.57. The Morgan fingerprint density at radius 3 is 2.67 bits per heavy atom. The molecule has 1 fully saturated rings. The Balaban J connectivity index is 1.62. The maximum Gasteiger partial charge on any atom is 0.223 e. The van der Waals surface area contributed by atoms with Gasteiger partial charge in [-0.2, -0.15) is 11.8 Å². The molecule has 0 spiro atoms. The predicted octanol–water partition coefficient (Wildman–Crippen LogP) is 2.02. The average Bonchev–Trinajstić information content (AvgIpc) is 2.54. The lowest BCUT2D eigenvalue weighted by molar-refractivity contribution is -0.125. The summed E-state index contributed by atoms with van der Waals surface area (Å²) in [4.78, 5) is 12.1. The first-order chi connectivity index (χ1) is 11.4. The molecule has 134 valence electrons. The zero-order valence-electron chi connectivity index (χ0n) is 14.3. The molecule has 0 aliphatic carbocycles. The van der Waals surface area contributed by atoms with E-state index in [-0.39, 0.29) is 11.8 Å². The Kier molecular flexibility index (Phi) is 7.13. The minimum Gasteiger partial charge on any atom is -0.355 e. The predicted molar refractivity (Wildman–Crippen MR) is 99.5 cm³/mol. The first-order valence-electron chi connectivity index (χ1n) is 8.22. The zero-order chi connectivity index (χ0) is 17.6. The molecule has 1 aliphatic rings. The second kappa shape index (κ2) is 8.87. The van der Waals surface area contributed by atoms with Gasteiger partial charge in [0.15, 0.2) is 0 Å². The second-order valence-electron chi connectivity index (χ2n) is 6.27. The van der Waals surface area contributed by atoms with E-state index < -0.39 is 10.0 Å². The molecule has 0 bridgehead atoms. The summed E-state index contributed by atoms with van der Waals surface area (Å²) in [5.74, 6) is 1.82. The smallest absolute Gasteiger partial charge is 0.223 e. The number of benzene rings is 1. The maximum absolute atomic E-state index is 12.1. The van der Waals surface area contributed by atoms with Gasteiger partial charge in [-0.05, 0) is 25.3 Å². The zero-order valence-corrected chi connectivity index (χ0v) is 16.0. The van der Waals surface area contributed by atoms with Gasteiger partial charge in [0, 0.05) is 37.1 Å². The number of amides is 1. The highest BCUT2D eigenvalue weighted by molar-refractivity contribution is 7.98. The van der Waals surface area contributed by atoms with Gasteiger partial charge in [0.1, 0.15) is 0 Å². The average molecular weight is 371 g/mol. The van der Waals surface area contributed by atoms with E-state index in [1.54, 1.807) is 11.8 Å². The van der Waals surface area contributed by atoms with Crippen molar-refractivity contribution < 1.29 is 13.2 Å². The van der Waals surface area contributed by atoms with Gasteiger partial charge in [0.2, 0.25) is 15.9 Å². The number of nitrogens with zero attached hydrogens (tertiary/aromatic N) is 1. The number of thioether (sulfide) groups is 1. The third kappa shape index (κ3) is 6.11. The van der Waals surface area contributed by atoms with Crippen LogP contribution in [0.3, 0.4) is 0 Å². The quantitative estimate of drug-likeness (QED) is 0.746. The van der Waals surface area contributed by atoms with Crippen LogP contribution in [0.4, 0.5) is 0 Å². The Morgan fingerprint density at radius 1 is 1.33 bits per heavy atom. The van der Waals surface area contributed by atoms with Crippen LogP contribution in [0.2, 0.25) is 0 Å². The lowest BCUT2D eigenvalue weighted by atomic mass is 9.97. The molecule has 1 aromatic rings. The van der Waals surface area contributed by atoms with Gasteiger partial charge < -0.3 is 5.32 Å². The molecule has 0 atom stereocenters. The fourth-order valence-corrected chi connectivity index (χ4v) is 4.51. The molecule has 0 radical (unpaired) electrons. The van der Waals surface area contributed by atoms with Gasteiger partial charge in [-0.3, -0.25) is 4.79 Å². The Labute approximate surface area is 149 Å². The van der Waals surface area contributed by atoms with Crippen LogP contribution >= 0.6 is 11.8 Å². The van der Waals surface area contributed by atoms with Crippen molar-refractivity contribution in [1.29, 1.82) is 0 Å². The Hall–Kier alpha value is -1.05. The number of carbonyl (C=O) groups is 1. The van der Waals surface area contributed by atoms with Crippen LogP contribution in [0, 0.1) is 12.8 Å². The number of hydrogen-bond donors (Lipinski definition) is 1. The van der Waals surface area contributed by atoms with Gasteiger partial charge in [0.25, 0.3) is 0 Å². The van der Waals surface area contributed by atoms with Crippen LogP contribution in [0.15, 0.2) is 24.3 Å². The molecule has 1 amide bonds. The maximum atomic E-state index is 12.1. The molecule has 0 saturated carbocycles. The molecule has 1 saturated heterocycles. The number of carbonyl (C=O) groups excluding carboxylic acids is 1. The molecule has 1 aromatic carbocycles. The minimum atomic E-state index is -3.13. The largest absolute Gasteiger partial charge is 0.355 e. The van der Waals surface area contributed by atoms with E-state index in [4.69, 9.17) is 0 Å². The molecule has 1 N–H and O–H groups in total. The van der Waals surface area contributed by atoms with E-state index in [0.29, 0.717) is 32.5 Å². The highest BCUT2D eigenvalue weighted by Gasteiger charge is 2.28. The van der Waals surface area contributed by atoms with Crippen LogP contribution < -0.4 is 5.32 Å². The van der Waals surface area contributed by atoms with Crippen LogP contribution in [0.25, 0.3) is 0 Å². The standard InChI is InChI=1S/C17H26N2O3S2/c1-14-4-3-5-15(12-14)13-23-11-8-18-17(20)16-6-9-19(10-7-16)24(2,21)22/h3-5,12,16H,6-11,13H2,1-2H3,(H,18,20). The summed E-state index contributed by atoms with van der Waals surface area (Å²) in [5, 5.41) is 2.98. The van der Waals surface area contributed by atoms with Crippen molar-refractivity contribution in [2.45, 2.75) is 25.5 Å². The number of hydrogen-bond acceptors (Lipinski definition) is 4. The van der Waals surface area contributed by atoms with Crippen LogP contribution in [-0.4, -0.2) is 50.3 Å².